The number of hydrogen-bond donors (Lipinski definition) is 6. The van der Waals surface area contributed by atoms with Crippen molar-refractivity contribution < 1.29 is 14.7 Å². The van der Waals surface area contributed by atoms with E-state index in [1.807, 2.05) is 19.1 Å². The summed E-state index contributed by atoms with van der Waals surface area (Å²) in [6, 6.07) is 11.0. The molecule has 1 atom stereocenters. The van der Waals surface area contributed by atoms with Crippen molar-refractivity contribution in [3.8, 4) is 11.1 Å². The van der Waals surface area contributed by atoms with Gasteiger partial charge in [0.2, 0.25) is 0 Å². The molecule has 1 amide bonds. The molecule has 7 N–H and O–H groups in total. The lowest BCUT2D eigenvalue weighted by Gasteiger charge is -2.19. The highest BCUT2D eigenvalue weighted by atomic mass is 16.4. The molecule has 0 fully saturated rings. The number of carbonyl (C=O) groups excluding carboxylic acids is 1. The smallest absolute Gasteiger partial charge is 0.370 e. The summed E-state index contributed by atoms with van der Waals surface area (Å²) >= 11 is 0. The molecule has 3 rings (SSSR count). The minimum atomic E-state index is -1.19. The van der Waals surface area contributed by atoms with Gasteiger partial charge in [-0.1, -0.05) is 55.8 Å². The van der Waals surface area contributed by atoms with Crippen molar-refractivity contribution in [2.75, 3.05) is 37.3 Å². The van der Waals surface area contributed by atoms with Gasteiger partial charge in [-0.05, 0) is 28.7 Å². The van der Waals surface area contributed by atoms with Crippen LogP contribution in [-0.2, 0) is 24.2 Å². The topological polar surface area (TPSA) is 173 Å². The molecule has 208 valence electrons. The average molecular weight is 538 g/mol. The summed E-state index contributed by atoms with van der Waals surface area (Å²) in [5.41, 5.74) is 13.3. The highest BCUT2D eigenvalue weighted by Gasteiger charge is 2.24. The minimum Gasteiger partial charge on any atom is -0.480 e. The monoisotopic (exact) mass is 537 g/mol. The molecule has 12 nitrogen and oxygen atoms in total. The van der Waals surface area contributed by atoms with Gasteiger partial charge in [-0.2, -0.15) is 9.35 Å². The number of carbonyl (C=O) groups is 2. The number of anilines is 1. The van der Waals surface area contributed by atoms with Crippen molar-refractivity contribution in [1.29, 1.82) is 0 Å². The Balaban J connectivity index is 1.93. The third kappa shape index (κ3) is 5.96. The first-order valence-corrected chi connectivity index (χ1v) is 12.6. The van der Waals surface area contributed by atoms with Crippen LogP contribution in [0.15, 0.2) is 52.1 Å². The molecule has 1 heterocycles. The normalized spacial score (nSPS) is 11.5. The van der Waals surface area contributed by atoms with Crippen LogP contribution in [0, 0.1) is 0 Å². The Hall–Kier alpha value is -4.58. The zero-order valence-electron chi connectivity index (χ0n) is 22.5. The van der Waals surface area contributed by atoms with Crippen LogP contribution >= 0.6 is 0 Å². The molecule has 0 unspecified atom stereocenters. The van der Waals surface area contributed by atoms with E-state index in [1.165, 1.54) is 11.7 Å². The fourth-order valence-corrected chi connectivity index (χ4v) is 4.58. The number of carboxylic acids is 1. The maximum atomic E-state index is 13.2. The minimum absolute atomic E-state index is 0.0188. The number of aromatic nitrogens is 2. The lowest BCUT2D eigenvalue weighted by Crippen LogP contribution is -2.47. The Bertz CT molecular complexity index is 1460. The van der Waals surface area contributed by atoms with Crippen molar-refractivity contribution >= 4 is 17.7 Å². The van der Waals surface area contributed by atoms with Gasteiger partial charge in [-0.15, -0.1) is 0 Å². The average Bonchev–Trinajstić information content (AvgIpc) is 2.93. The van der Waals surface area contributed by atoms with E-state index in [9.17, 15) is 24.3 Å². The van der Waals surface area contributed by atoms with Gasteiger partial charge < -0.3 is 32.3 Å². The van der Waals surface area contributed by atoms with E-state index in [-0.39, 0.29) is 24.3 Å². The Morgan fingerprint density at radius 1 is 0.974 bits per heavy atom. The lowest BCUT2D eigenvalue weighted by atomic mass is 9.96. The van der Waals surface area contributed by atoms with E-state index in [1.54, 1.807) is 44.4 Å². The predicted molar refractivity (Wildman–Crippen MR) is 151 cm³/mol. The second kappa shape index (κ2) is 12.8. The zero-order valence-corrected chi connectivity index (χ0v) is 22.5. The number of nitrogens with two attached hydrogens (primary N) is 1. The summed E-state index contributed by atoms with van der Waals surface area (Å²) in [6.45, 7) is 2.16. The number of rotatable bonds is 12. The molecule has 0 aliphatic carbocycles. The summed E-state index contributed by atoms with van der Waals surface area (Å²) in [4.78, 5) is 51.0. The zero-order chi connectivity index (χ0) is 28.7. The van der Waals surface area contributed by atoms with E-state index in [4.69, 9.17) is 5.73 Å². The first-order chi connectivity index (χ1) is 18.7. The largest absolute Gasteiger partial charge is 0.480 e. The van der Waals surface area contributed by atoms with Crippen molar-refractivity contribution in [2.24, 2.45) is 5.73 Å². The highest BCUT2D eigenvalue weighted by molar-refractivity contribution is 5.99. The first-order valence-electron chi connectivity index (χ1n) is 12.6. The Kier molecular flexibility index (Phi) is 9.50. The van der Waals surface area contributed by atoms with Gasteiger partial charge >= 0.3 is 11.7 Å². The van der Waals surface area contributed by atoms with E-state index in [0.29, 0.717) is 28.7 Å². The number of nitrogens with one attached hydrogen (secondary N) is 4. The third-order valence-electron chi connectivity index (χ3n) is 6.43. The number of benzene rings is 2. The molecule has 0 spiro atoms. The molecule has 0 saturated heterocycles. The van der Waals surface area contributed by atoms with Crippen molar-refractivity contribution in [3.05, 3.63) is 85.6 Å². The maximum Gasteiger partial charge on any atom is 0.370 e. The molecule has 2 aromatic carbocycles. The van der Waals surface area contributed by atoms with Crippen molar-refractivity contribution in [2.45, 2.75) is 38.8 Å². The molecule has 0 saturated carbocycles. The van der Waals surface area contributed by atoms with E-state index in [0.717, 1.165) is 16.7 Å². The summed E-state index contributed by atoms with van der Waals surface area (Å²) in [6.07, 6.45) is 1.51. The molecule has 0 radical (unpaired) electrons. The van der Waals surface area contributed by atoms with Gasteiger partial charge in [0, 0.05) is 39.7 Å². The second-order valence-corrected chi connectivity index (χ2v) is 8.85. The number of aryl methyl sites for hydroxylation is 1. The van der Waals surface area contributed by atoms with Gasteiger partial charge in [0.15, 0.2) is 0 Å². The molecule has 12 heteroatoms. The molecular formula is C27H35N7O5. The number of carboxylic acid groups (broad SMARTS) is 1. The quantitative estimate of drug-likeness (QED) is 0.196. The van der Waals surface area contributed by atoms with Crippen molar-refractivity contribution in [3.63, 3.8) is 0 Å². The molecule has 39 heavy (non-hydrogen) atoms. The molecular weight excluding hydrogens is 502 g/mol. The van der Waals surface area contributed by atoms with Crippen LogP contribution < -0.4 is 38.5 Å². The fourth-order valence-electron chi connectivity index (χ4n) is 4.58. The standard InChI is InChI=1S/C27H35N7O5/c1-5-7-17-8-6-9-19(15-28)21(17)24(35)32-20(26(37)38)14-16-10-12-18(13-11-16)22-23(29-2)33(30-3)27(39)34(31-4)25(22)36/h6,8-13,20,29-31H,5,7,14-15,28H2,1-4H3,(H,32,35)(H,37,38)/t20-/m0/s1. The van der Waals surface area contributed by atoms with Crippen LogP contribution in [0.3, 0.4) is 0 Å². The van der Waals surface area contributed by atoms with Crippen LogP contribution in [0.2, 0.25) is 0 Å². The van der Waals surface area contributed by atoms with Gasteiger partial charge in [0.05, 0.1) is 5.56 Å². The SMILES string of the molecule is CCCc1cccc(CN)c1C(=O)N[C@@H](Cc1ccc(-c2c(NC)n(NC)c(=O)n(NC)c2=O)cc1)C(=O)O. The van der Waals surface area contributed by atoms with Crippen LogP contribution in [0.5, 0.6) is 0 Å². The molecule has 3 aromatic rings. The van der Waals surface area contributed by atoms with Crippen molar-refractivity contribution in [1.82, 2.24) is 14.7 Å². The summed E-state index contributed by atoms with van der Waals surface area (Å²) in [7, 11) is 4.61. The Labute approximate surface area is 225 Å². The van der Waals surface area contributed by atoms with Gasteiger partial charge in [0.25, 0.3) is 11.5 Å². The van der Waals surface area contributed by atoms with Crippen LogP contribution in [0.25, 0.3) is 11.1 Å². The predicted octanol–water partition coefficient (Wildman–Crippen LogP) is 0.902. The molecule has 0 aliphatic heterocycles. The Morgan fingerprint density at radius 2 is 1.62 bits per heavy atom. The van der Waals surface area contributed by atoms with E-state index >= 15 is 0 Å². The van der Waals surface area contributed by atoms with Crippen LogP contribution in [-0.4, -0.2) is 53.5 Å². The third-order valence-corrected chi connectivity index (χ3v) is 6.43. The molecule has 0 bridgehead atoms. The number of nitrogens with zero attached hydrogens (tertiary/aromatic N) is 2. The number of hydrogen-bond acceptors (Lipinski definition) is 8. The highest BCUT2D eigenvalue weighted by Crippen LogP contribution is 2.24. The second-order valence-electron chi connectivity index (χ2n) is 8.85. The molecule has 1 aromatic heterocycles. The van der Waals surface area contributed by atoms with Gasteiger partial charge in [-0.25, -0.2) is 9.59 Å². The van der Waals surface area contributed by atoms with Crippen LogP contribution in [0.4, 0.5) is 5.82 Å². The number of amides is 1. The Morgan fingerprint density at radius 3 is 2.15 bits per heavy atom. The molecule has 0 aliphatic rings. The summed E-state index contributed by atoms with van der Waals surface area (Å²) < 4.78 is 2.08. The van der Waals surface area contributed by atoms with Crippen LogP contribution in [0.1, 0.15) is 40.4 Å². The number of aliphatic carboxylic acids is 1. The fraction of sp³-hybridized carbons (Fsp3) is 0.333. The van der Waals surface area contributed by atoms with Gasteiger partial charge in [-0.3, -0.25) is 9.59 Å². The van der Waals surface area contributed by atoms with Gasteiger partial charge in [0.1, 0.15) is 11.9 Å². The lowest BCUT2D eigenvalue weighted by molar-refractivity contribution is -0.139. The van der Waals surface area contributed by atoms with E-state index < -0.39 is 29.2 Å². The summed E-state index contributed by atoms with van der Waals surface area (Å²) in [5, 5.41) is 15.4. The first kappa shape index (κ1) is 29.0. The maximum absolute atomic E-state index is 13.2. The summed E-state index contributed by atoms with van der Waals surface area (Å²) in [5.74, 6) is -1.39. The van der Waals surface area contributed by atoms with E-state index in [2.05, 4.69) is 21.5 Å².